The number of aromatic nitrogens is 2. The Kier molecular flexibility index (Phi) is 4.11. The van der Waals surface area contributed by atoms with Crippen LogP contribution in [0.3, 0.4) is 0 Å². The molecule has 6 nitrogen and oxygen atoms in total. The molecule has 0 aliphatic carbocycles. The number of hydrogen-bond acceptors (Lipinski definition) is 5. The zero-order valence-corrected chi connectivity index (χ0v) is 8.84. The smallest absolute Gasteiger partial charge is 0.324 e. The van der Waals surface area contributed by atoms with Gasteiger partial charge >= 0.3 is 5.97 Å². The van der Waals surface area contributed by atoms with Gasteiger partial charge in [0.1, 0.15) is 6.04 Å². The van der Waals surface area contributed by atoms with Crippen molar-refractivity contribution in [3.05, 3.63) is 12.4 Å². The average Bonchev–Trinajstić information content (AvgIpc) is 2.65. The molecular formula is C9H15N3O3. The molecule has 1 unspecified atom stereocenters. The van der Waals surface area contributed by atoms with Gasteiger partial charge in [-0.3, -0.25) is 9.48 Å². The van der Waals surface area contributed by atoms with Gasteiger partial charge in [0.15, 0.2) is 5.75 Å². The van der Waals surface area contributed by atoms with Crippen molar-refractivity contribution in [1.82, 2.24) is 9.78 Å². The second kappa shape index (κ2) is 5.35. The SMILES string of the molecule is CCOc1cnn(CC(N)C(=O)OC)c1. The minimum atomic E-state index is -0.704. The summed E-state index contributed by atoms with van der Waals surface area (Å²) in [5.74, 6) is 0.207. The Morgan fingerprint density at radius 1 is 1.73 bits per heavy atom. The van der Waals surface area contributed by atoms with Crippen LogP contribution in [0.4, 0.5) is 0 Å². The van der Waals surface area contributed by atoms with Crippen molar-refractivity contribution < 1.29 is 14.3 Å². The van der Waals surface area contributed by atoms with Crippen molar-refractivity contribution >= 4 is 5.97 Å². The summed E-state index contributed by atoms with van der Waals surface area (Å²) in [6.45, 7) is 2.74. The van der Waals surface area contributed by atoms with Crippen LogP contribution >= 0.6 is 0 Å². The van der Waals surface area contributed by atoms with Crippen LogP contribution in [-0.4, -0.2) is 35.5 Å². The van der Waals surface area contributed by atoms with Crippen LogP contribution in [0.5, 0.6) is 5.75 Å². The van der Waals surface area contributed by atoms with E-state index in [1.54, 1.807) is 17.1 Å². The van der Waals surface area contributed by atoms with Gasteiger partial charge in [-0.2, -0.15) is 5.10 Å². The highest BCUT2D eigenvalue weighted by molar-refractivity contribution is 5.75. The van der Waals surface area contributed by atoms with Crippen LogP contribution in [0.1, 0.15) is 6.92 Å². The zero-order valence-electron chi connectivity index (χ0n) is 8.84. The van der Waals surface area contributed by atoms with Crippen LogP contribution in [0.25, 0.3) is 0 Å². The van der Waals surface area contributed by atoms with Crippen molar-refractivity contribution in [2.45, 2.75) is 19.5 Å². The number of methoxy groups -OCH3 is 1. The molecule has 1 aromatic heterocycles. The zero-order chi connectivity index (χ0) is 11.3. The molecule has 15 heavy (non-hydrogen) atoms. The number of carbonyl (C=O) groups is 1. The van der Waals surface area contributed by atoms with Gasteiger partial charge in [-0.25, -0.2) is 0 Å². The first-order chi connectivity index (χ1) is 7.17. The number of esters is 1. The molecule has 0 saturated heterocycles. The molecule has 0 amide bonds. The highest BCUT2D eigenvalue weighted by Gasteiger charge is 2.14. The Hall–Kier alpha value is -1.56. The first-order valence-electron chi connectivity index (χ1n) is 4.66. The van der Waals surface area contributed by atoms with Gasteiger partial charge in [0.2, 0.25) is 0 Å². The Labute approximate surface area is 88.0 Å². The van der Waals surface area contributed by atoms with Crippen molar-refractivity contribution in [3.8, 4) is 5.75 Å². The fourth-order valence-corrected chi connectivity index (χ4v) is 1.11. The number of carbonyl (C=O) groups excluding carboxylic acids is 1. The molecule has 1 atom stereocenters. The van der Waals surface area contributed by atoms with E-state index in [2.05, 4.69) is 9.84 Å². The van der Waals surface area contributed by atoms with Gasteiger partial charge in [0, 0.05) is 0 Å². The Bertz CT molecular complexity index is 324. The first-order valence-corrected chi connectivity index (χ1v) is 4.66. The van der Waals surface area contributed by atoms with E-state index in [1.807, 2.05) is 6.92 Å². The molecule has 0 aliphatic heterocycles. The minimum Gasteiger partial charge on any atom is -0.491 e. The van der Waals surface area contributed by atoms with E-state index < -0.39 is 12.0 Å². The highest BCUT2D eigenvalue weighted by atomic mass is 16.5. The van der Waals surface area contributed by atoms with Crippen LogP contribution in [0, 0.1) is 0 Å². The molecule has 0 bridgehead atoms. The van der Waals surface area contributed by atoms with E-state index in [1.165, 1.54) is 7.11 Å². The molecule has 0 spiro atoms. The van der Waals surface area contributed by atoms with Crippen LogP contribution in [0.15, 0.2) is 12.4 Å². The van der Waals surface area contributed by atoms with E-state index in [0.717, 1.165) is 0 Å². The molecule has 0 radical (unpaired) electrons. The molecule has 0 fully saturated rings. The summed E-state index contributed by atoms with van der Waals surface area (Å²) in [5.41, 5.74) is 5.57. The predicted octanol–water partition coefficient (Wildman–Crippen LogP) is -0.218. The van der Waals surface area contributed by atoms with E-state index in [-0.39, 0.29) is 6.54 Å². The topological polar surface area (TPSA) is 79.4 Å². The molecule has 1 rings (SSSR count). The fourth-order valence-electron chi connectivity index (χ4n) is 1.11. The summed E-state index contributed by atoms with van der Waals surface area (Å²) in [7, 11) is 1.30. The van der Waals surface area contributed by atoms with Gasteiger partial charge in [0.05, 0.1) is 32.7 Å². The maximum Gasteiger partial charge on any atom is 0.324 e. The molecule has 84 valence electrons. The first kappa shape index (κ1) is 11.5. The molecule has 0 aliphatic rings. The number of ether oxygens (including phenoxy) is 2. The number of nitrogens with two attached hydrogens (primary N) is 1. The lowest BCUT2D eigenvalue weighted by Gasteiger charge is -2.08. The number of rotatable bonds is 5. The van der Waals surface area contributed by atoms with Crippen molar-refractivity contribution in [3.63, 3.8) is 0 Å². The molecule has 2 N–H and O–H groups in total. The van der Waals surface area contributed by atoms with Gasteiger partial charge in [-0.05, 0) is 6.92 Å². The second-order valence-corrected chi connectivity index (χ2v) is 2.96. The van der Waals surface area contributed by atoms with Crippen LogP contribution in [0.2, 0.25) is 0 Å². The fraction of sp³-hybridized carbons (Fsp3) is 0.556. The maximum absolute atomic E-state index is 11.0. The third-order valence-corrected chi connectivity index (χ3v) is 1.81. The molecule has 6 heteroatoms. The highest BCUT2D eigenvalue weighted by Crippen LogP contribution is 2.07. The lowest BCUT2D eigenvalue weighted by atomic mass is 10.3. The third-order valence-electron chi connectivity index (χ3n) is 1.81. The lowest BCUT2D eigenvalue weighted by molar-refractivity contribution is -0.142. The normalized spacial score (nSPS) is 12.2. The summed E-state index contributed by atoms with van der Waals surface area (Å²) in [6.07, 6.45) is 3.26. The predicted molar refractivity (Wildman–Crippen MR) is 53.4 cm³/mol. The quantitative estimate of drug-likeness (QED) is 0.684. The van der Waals surface area contributed by atoms with Crippen molar-refractivity contribution in [2.75, 3.05) is 13.7 Å². The largest absolute Gasteiger partial charge is 0.491 e. The Morgan fingerprint density at radius 3 is 3.07 bits per heavy atom. The van der Waals surface area contributed by atoms with Gasteiger partial charge in [-0.1, -0.05) is 0 Å². The third kappa shape index (κ3) is 3.25. The Morgan fingerprint density at radius 2 is 2.47 bits per heavy atom. The summed E-state index contributed by atoms with van der Waals surface area (Å²) in [6, 6.07) is -0.704. The monoisotopic (exact) mass is 213 g/mol. The number of nitrogens with zero attached hydrogens (tertiary/aromatic N) is 2. The van der Waals surface area contributed by atoms with E-state index in [9.17, 15) is 4.79 Å². The molecular weight excluding hydrogens is 198 g/mol. The molecule has 1 aromatic rings. The van der Waals surface area contributed by atoms with Crippen LogP contribution in [-0.2, 0) is 16.1 Å². The van der Waals surface area contributed by atoms with Gasteiger partial charge in [-0.15, -0.1) is 0 Å². The minimum absolute atomic E-state index is 0.278. The van der Waals surface area contributed by atoms with Crippen molar-refractivity contribution in [1.29, 1.82) is 0 Å². The van der Waals surface area contributed by atoms with Crippen LogP contribution < -0.4 is 10.5 Å². The van der Waals surface area contributed by atoms with E-state index >= 15 is 0 Å². The number of hydrogen-bond donors (Lipinski definition) is 1. The maximum atomic E-state index is 11.0. The standard InChI is InChI=1S/C9H15N3O3/c1-3-15-7-4-11-12(5-7)6-8(10)9(13)14-2/h4-5,8H,3,6,10H2,1-2H3. The molecule has 0 saturated carbocycles. The summed E-state index contributed by atoms with van der Waals surface area (Å²) >= 11 is 0. The average molecular weight is 213 g/mol. The van der Waals surface area contributed by atoms with Crippen molar-refractivity contribution in [2.24, 2.45) is 5.73 Å². The summed E-state index contributed by atoms with van der Waals surface area (Å²) in [5, 5.41) is 4.00. The second-order valence-electron chi connectivity index (χ2n) is 2.96. The molecule has 1 heterocycles. The molecule has 0 aromatic carbocycles. The van der Waals surface area contributed by atoms with Gasteiger partial charge < -0.3 is 15.2 Å². The lowest BCUT2D eigenvalue weighted by Crippen LogP contribution is -2.35. The summed E-state index contributed by atoms with van der Waals surface area (Å²) < 4.78 is 11.3. The van der Waals surface area contributed by atoms with E-state index in [0.29, 0.717) is 12.4 Å². The van der Waals surface area contributed by atoms with Gasteiger partial charge in [0.25, 0.3) is 0 Å². The summed E-state index contributed by atoms with van der Waals surface area (Å²) in [4.78, 5) is 11.0. The van der Waals surface area contributed by atoms with E-state index in [4.69, 9.17) is 10.5 Å². The Balaban J connectivity index is 2.53.